The molecule has 0 aliphatic carbocycles. The fourth-order valence-corrected chi connectivity index (χ4v) is 3.89. The first-order valence-electron chi connectivity index (χ1n) is 8.57. The number of benzene rings is 2. The molecule has 2 aliphatic rings. The minimum atomic E-state index is -3.64. The normalized spacial score (nSPS) is 17.0. The van der Waals surface area contributed by atoms with E-state index in [0.717, 1.165) is 17.1 Å². The zero-order valence-electron chi connectivity index (χ0n) is 14.6. The van der Waals surface area contributed by atoms with Crippen LogP contribution in [0.25, 0.3) is 0 Å². The van der Waals surface area contributed by atoms with Crippen molar-refractivity contribution >= 4 is 16.0 Å². The Morgan fingerprint density at radius 1 is 1.07 bits per heavy atom. The van der Waals surface area contributed by atoms with Gasteiger partial charge in [-0.15, -0.1) is 0 Å². The van der Waals surface area contributed by atoms with Gasteiger partial charge in [-0.05, 0) is 29.8 Å². The van der Waals surface area contributed by atoms with E-state index in [1.165, 1.54) is 0 Å². The molecule has 0 saturated carbocycles. The van der Waals surface area contributed by atoms with Gasteiger partial charge in [-0.2, -0.15) is 0 Å². The number of hydrogen-bond donors (Lipinski definition) is 2. The van der Waals surface area contributed by atoms with E-state index in [1.807, 2.05) is 23.1 Å². The van der Waals surface area contributed by atoms with Crippen molar-refractivity contribution in [2.75, 3.05) is 26.6 Å². The van der Waals surface area contributed by atoms with E-state index >= 15 is 0 Å². The van der Waals surface area contributed by atoms with Crippen molar-refractivity contribution in [3.8, 4) is 11.5 Å². The Kier molecular flexibility index (Phi) is 4.87. The lowest BCUT2D eigenvalue weighted by Crippen LogP contribution is -2.49. The molecule has 0 atom stereocenters. The van der Waals surface area contributed by atoms with E-state index in [2.05, 4.69) is 15.0 Å². The average Bonchev–Trinajstić information content (AvgIpc) is 2.70. The Labute approximate surface area is 157 Å². The Bertz CT molecular complexity index is 947. The number of nitrogens with one attached hydrogen (secondary N) is 2. The number of sulfonamides is 1. The molecule has 8 nitrogen and oxygen atoms in total. The van der Waals surface area contributed by atoms with Gasteiger partial charge in [0.1, 0.15) is 13.2 Å². The number of rotatable bonds is 4. The first-order valence-corrected chi connectivity index (χ1v) is 10.1. The minimum Gasteiger partial charge on any atom is -0.486 e. The summed E-state index contributed by atoms with van der Waals surface area (Å²) >= 11 is 0. The summed E-state index contributed by atoms with van der Waals surface area (Å²) in [6.45, 7) is 2.64. The van der Waals surface area contributed by atoms with Crippen LogP contribution < -0.4 is 19.5 Å². The fraction of sp³-hybridized carbons (Fsp3) is 0.278. The molecule has 27 heavy (non-hydrogen) atoms. The van der Waals surface area contributed by atoms with E-state index < -0.39 is 10.0 Å². The molecule has 0 aromatic heterocycles. The van der Waals surface area contributed by atoms with Gasteiger partial charge >= 0.3 is 0 Å². The summed E-state index contributed by atoms with van der Waals surface area (Å²) in [7, 11) is -3.64. The third kappa shape index (κ3) is 4.15. The van der Waals surface area contributed by atoms with Crippen LogP contribution in [0.1, 0.15) is 5.56 Å². The highest BCUT2D eigenvalue weighted by Gasteiger charge is 2.20. The molecule has 0 amide bonds. The molecule has 2 aromatic rings. The van der Waals surface area contributed by atoms with Crippen LogP contribution in [-0.2, 0) is 16.6 Å². The van der Waals surface area contributed by atoms with Crippen LogP contribution in [-0.4, -0.2) is 45.8 Å². The van der Waals surface area contributed by atoms with Crippen LogP contribution in [0.4, 0.5) is 0 Å². The van der Waals surface area contributed by atoms with Crippen molar-refractivity contribution in [1.29, 1.82) is 0 Å². The number of nitrogens with zero attached hydrogens (tertiary/aromatic N) is 2. The maximum absolute atomic E-state index is 12.3. The van der Waals surface area contributed by atoms with E-state index in [4.69, 9.17) is 9.47 Å². The second-order valence-electron chi connectivity index (χ2n) is 6.21. The SMILES string of the molecule is O=S(=O)(NC1=NCN(Cc2ccc3c(c2)OCCO3)CN1)c1ccccc1. The molecule has 0 bridgehead atoms. The Balaban J connectivity index is 1.37. The lowest BCUT2D eigenvalue weighted by molar-refractivity contribution is 0.171. The third-order valence-corrected chi connectivity index (χ3v) is 5.55. The molecule has 0 saturated heterocycles. The van der Waals surface area contributed by atoms with Crippen LogP contribution in [0.3, 0.4) is 0 Å². The predicted octanol–water partition coefficient (Wildman–Crippen LogP) is 1.11. The zero-order chi connectivity index (χ0) is 18.7. The maximum atomic E-state index is 12.3. The van der Waals surface area contributed by atoms with Crippen LogP contribution in [0, 0.1) is 0 Å². The summed E-state index contributed by atoms with van der Waals surface area (Å²) in [5, 5.41) is 3.01. The zero-order valence-corrected chi connectivity index (χ0v) is 15.4. The van der Waals surface area contributed by atoms with Gasteiger partial charge in [0.15, 0.2) is 11.5 Å². The number of fused-ring (bicyclic) bond motifs is 1. The topological polar surface area (TPSA) is 92.3 Å². The van der Waals surface area contributed by atoms with Crippen LogP contribution in [0.2, 0.25) is 0 Å². The van der Waals surface area contributed by atoms with Crippen molar-refractivity contribution in [1.82, 2.24) is 14.9 Å². The molecule has 0 fully saturated rings. The number of ether oxygens (including phenoxy) is 2. The predicted molar refractivity (Wildman–Crippen MR) is 100 cm³/mol. The summed E-state index contributed by atoms with van der Waals surface area (Å²) in [6, 6.07) is 14.1. The van der Waals surface area contributed by atoms with E-state index in [-0.39, 0.29) is 10.9 Å². The first kappa shape index (κ1) is 17.6. The van der Waals surface area contributed by atoms with Crippen molar-refractivity contribution in [3.63, 3.8) is 0 Å². The molecule has 2 heterocycles. The molecular weight excluding hydrogens is 368 g/mol. The summed E-state index contributed by atoms with van der Waals surface area (Å²) in [5.41, 5.74) is 1.07. The molecule has 4 rings (SSSR count). The van der Waals surface area contributed by atoms with Gasteiger partial charge < -0.3 is 14.8 Å². The van der Waals surface area contributed by atoms with Gasteiger partial charge in [-0.25, -0.2) is 18.1 Å². The Morgan fingerprint density at radius 2 is 1.85 bits per heavy atom. The third-order valence-electron chi connectivity index (χ3n) is 4.20. The largest absolute Gasteiger partial charge is 0.486 e. The van der Waals surface area contributed by atoms with Gasteiger partial charge in [0.25, 0.3) is 10.0 Å². The number of aliphatic imine (C=N–C) groups is 1. The van der Waals surface area contributed by atoms with E-state index in [0.29, 0.717) is 33.1 Å². The second kappa shape index (κ2) is 7.45. The number of guanidine groups is 1. The molecule has 2 aliphatic heterocycles. The molecule has 2 N–H and O–H groups in total. The van der Waals surface area contributed by atoms with Crippen molar-refractivity contribution < 1.29 is 17.9 Å². The summed E-state index contributed by atoms with van der Waals surface area (Å²) in [5.74, 6) is 1.76. The lowest BCUT2D eigenvalue weighted by Gasteiger charge is -2.27. The fourth-order valence-electron chi connectivity index (χ4n) is 2.87. The van der Waals surface area contributed by atoms with Gasteiger partial charge in [0.2, 0.25) is 5.96 Å². The molecule has 0 spiro atoms. The summed E-state index contributed by atoms with van der Waals surface area (Å²) in [6.07, 6.45) is 0. The number of hydrogen-bond acceptors (Lipinski definition) is 7. The lowest BCUT2D eigenvalue weighted by atomic mass is 10.2. The van der Waals surface area contributed by atoms with Crippen molar-refractivity contribution in [2.45, 2.75) is 11.4 Å². The maximum Gasteiger partial charge on any atom is 0.264 e. The van der Waals surface area contributed by atoms with Crippen LogP contribution >= 0.6 is 0 Å². The summed E-state index contributed by atoms with van der Waals surface area (Å²) < 4.78 is 38.3. The standard InChI is InChI=1S/C18H20N4O4S/c23-27(24,15-4-2-1-3-5-15)21-18-19-12-22(13-20-18)11-14-6-7-16-17(10-14)26-9-8-25-16/h1-7,10H,8-9,11-13H2,(H2,19,20,21). The van der Waals surface area contributed by atoms with Crippen molar-refractivity contribution in [2.24, 2.45) is 4.99 Å². The summed E-state index contributed by atoms with van der Waals surface area (Å²) in [4.78, 5) is 6.54. The monoisotopic (exact) mass is 388 g/mol. The molecule has 142 valence electrons. The van der Waals surface area contributed by atoms with Gasteiger partial charge in [0, 0.05) is 6.54 Å². The molecule has 0 unspecified atom stereocenters. The Hall–Kier alpha value is -2.78. The van der Waals surface area contributed by atoms with Crippen molar-refractivity contribution in [3.05, 3.63) is 54.1 Å². The molecule has 0 radical (unpaired) electrons. The molecule has 2 aromatic carbocycles. The average molecular weight is 388 g/mol. The molecular formula is C18H20N4O4S. The second-order valence-corrected chi connectivity index (χ2v) is 7.89. The first-order chi connectivity index (χ1) is 13.1. The molecule has 9 heteroatoms. The van der Waals surface area contributed by atoms with Crippen LogP contribution in [0.15, 0.2) is 58.4 Å². The van der Waals surface area contributed by atoms with Gasteiger partial charge in [-0.3, -0.25) is 4.90 Å². The van der Waals surface area contributed by atoms with Gasteiger partial charge in [0.05, 0.1) is 18.2 Å². The van der Waals surface area contributed by atoms with E-state index in [9.17, 15) is 8.42 Å². The quantitative estimate of drug-likeness (QED) is 0.815. The highest BCUT2D eigenvalue weighted by Crippen LogP contribution is 2.31. The van der Waals surface area contributed by atoms with E-state index in [1.54, 1.807) is 30.3 Å². The van der Waals surface area contributed by atoms with Crippen LogP contribution in [0.5, 0.6) is 11.5 Å². The highest BCUT2D eigenvalue weighted by atomic mass is 32.2. The highest BCUT2D eigenvalue weighted by molar-refractivity contribution is 7.90. The smallest absolute Gasteiger partial charge is 0.264 e. The minimum absolute atomic E-state index is 0.202. The Morgan fingerprint density at radius 3 is 2.59 bits per heavy atom. The van der Waals surface area contributed by atoms with Gasteiger partial charge in [-0.1, -0.05) is 24.3 Å².